The molecule has 1 saturated heterocycles. The van der Waals surface area contributed by atoms with Crippen LogP contribution >= 0.6 is 0 Å². The molecular weight excluding hydrogens is 422 g/mol. The fraction of sp³-hybridized carbons (Fsp3) is 0.375. The van der Waals surface area contributed by atoms with Gasteiger partial charge in [0.25, 0.3) is 0 Å². The molecule has 1 aliphatic rings. The van der Waals surface area contributed by atoms with E-state index in [1.807, 2.05) is 4.90 Å². The van der Waals surface area contributed by atoms with Crippen molar-refractivity contribution in [2.45, 2.75) is 16.7 Å². The lowest BCUT2D eigenvalue weighted by Crippen LogP contribution is -2.50. The van der Waals surface area contributed by atoms with Crippen molar-refractivity contribution < 1.29 is 26.2 Å². The number of primary sulfonamides is 1. The van der Waals surface area contributed by atoms with Crippen molar-refractivity contribution in [2.24, 2.45) is 5.14 Å². The van der Waals surface area contributed by atoms with Crippen LogP contribution in [0.3, 0.4) is 0 Å². The highest BCUT2D eigenvalue weighted by Gasteiger charge is 2.29. The van der Waals surface area contributed by atoms with E-state index in [1.165, 1.54) is 16.4 Å². The molecular formula is C16H21N5O6S2. The first-order valence-corrected chi connectivity index (χ1v) is 11.6. The number of amides is 1. The number of rotatable bonds is 6. The van der Waals surface area contributed by atoms with Gasteiger partial charge in [0.2, 0.25) is 31.8 Å². The van der Waals surface area contributed by atoms with Gasteiger partial charge in [-0.2, -0.15) is 4.31 Å². The molecule has 0 aliphatic carbocycles. The molecule has 11 nitrogen and oxygen atoms in total. The van der Waals surface area contributed by atoms with Gasteiger partial charge in [0.1, 0.15) is 0 Å². The Balaban J connectivity index is 1.57. The molecule has 29 heavy (non-hydrogen) atoms. The van der Waals surface area contributed by atoms with Crippen LogP contribution in [0.1, 0.15) is 5.69 Å². The van der Waals surface area contributed by atoms with Crippen molar-refractivity contribution in [3.63, 3.8) is 0 Å². The number of aromatic nitrogens is 1. The summed E-state index contributed by atoms with van der Waals surface area (Å²) in [5.41, 5.74) is 0.649. The molecule has 13 heteroatoms. The summed E-state index contributed by atoms with van der Waals surface area (Å²) in [4.78, 5) is 13.7. The zero-order valence-corrected chi connectivity index (χ0v) is 17.2. The zero-order valence-electron chi connectivity index (χ0n) is 15.6. The third-order valence-corrected chi connectivity index (χ3v) is 7.22. The molecule has 0 unspecified atom stereocenters. The number of nitrogens with two attached hydrogens (primary N) is 1. The van der Waals surface area contributed by atoms with E-state index in [2.05, 4.69) is 10.5 Å². The summed E-state index contributed by atoms with van der Waals surface area (Å²) in [7, 11) is -7.67. The number of anilines is 1. The fourth-order valence-corrected chi connectivity index (χ4v) is 4.82. The van der Waals surface area contributed by atoms with Crippen LogP contribution in [-0.2, 0) is 24.8 Å². The Labute approximate surface area is 168 Å². The second-order valence-corrected chi connectivity index (χ2v) is 10.1. The predicted octanol–water partition coefficient (Wildman–Crippen LogP) is -0.425. The number of nitrogens with one attached hydrogen (secondary N) is 1. The number of nitrogens with zero attached hydrogens (tertiary/aromatic N) is 3. The Morgan fingerprint density at radius 3 is 2.21 bits per heavy atom. The minimum atomic E-state index is -3.89. The van der Waals surface area contributed by atoms with Crippen LogP contribution in [-0.4, -0.2) is 69.8 Å². The quantitative estimate of drug-likeness (QED) is 0.609. The maximum absolute atomic E-state index is 12.7. The smallest absolute Gasteiger partial charge is 0.243 e. The van der Waals surface area contributed by atoms with E-state index in [0.29, 0.717) is 18.8 Å². The molecule has 2 heterocycles. The molecule has 3 N–H and O–H groups in total. The van der Waals surface area contributed by atoms with Gasteiger partial charge < -0.3 is 4.52 Å². The number of benzene rings is 1. The number of carbonyl (C=O) groups excluding carboxylic acids is 1. The predicted molar refractivity (Wildman–Crippen MR) is 103 cm³/mol. The number of hydrogen-bond acceptors (Lipinski definition) is 8. The molecule has 2 aromatic rings. The third-order valence-electron chi connectivity index (χ3n) is 4.38. The Morgan fingerprint density at radius 1 is 1.10 bits per heavy atom. The molecule has 0 radical (unpaired) electrons. The molecule has 158 valence electrons. The summed E-state index contributed by atoms with van der Waals surface area (Å²) < 4.78 is 54.3. The van der Waals surface area contributed by atoms with Gasteiger partial charge >= 0.3 is 0 Å². The van der Waals surface area contributed by atoms with Crippen LogP contribution < -0.4 is 10.5 Å². The van der Waals surface area contributed by atoms with Gasteiger partial charge in [-0.15, -0.1) is 0 Å². The van der Waals surface area contributed by atoms with Gasteiger partial charge in [-0.05, 0) is 31.2 Å². The van der Waals surface area contributed by atoms with Gasteiger partial charge in [-0.3, -0.25) is 15.0 Å². The van der Waals surface area contributed by atoms with E-state index in [1.54, 1.807) is 13.0 Å². The summed E-state index contributed by atoms with van der Waals surface area (Å²) in [6.07, 6.45) is 0. The van der Waals surface area contributed by atoms with Crippen molar-refractivity contribution >= 4 is 31.8 Å². The van der Waals surface area contributed by atoms with E-state index < -0.39 is 20.0 Å². The fourth-order valence-electron chi connectivity index (χ4n) is 2.88. The first-order valence-electron chi connectivity index (χ1n) is 8.64. The molecule has 0 spiro atoms. The first-order chi connectivity index (χ1) is 13.6. The van der Waals surface area contributed by atoms with Crippen LogP contribution in [0, 0.1) is 6.92 Å². The molecule has 0 atom stereocenters. The minimum Gasteiger partial charge on any atom is -0.338 e. The summed E-state index contributed by atoms with van der Waals surface area (Å²) in [6, 6.07) is 6.36. The zero-order chi connectivity index (χ0) is 21.2. The van der Waals surface area contributed by atoms with Crippen LogP contribution in [0.4, 0.5) is 5.88 Å². The van der Waals surface area contributed by atoms with Gasteiger partial charge in [-0.1, -0.05) is 5.16 Å². The van der Waals surface area contributed by atoms with Crippen LogP contribution in [0.15, 0.2) is 44.6 Å². The standard InChI is InChI=1S/C16H21N5O6S2/c1-12-10-16(27-19-12)18-15(22)11-20-6-8-21(9-7-20)29(25,26)14-4-2-13(3-5-14)28(17,23)24/h2-5,10H,6-9,11H2,1H3,(H,18,22)(H2,17,23,24). The first kappa shape index (κ1) is 21.4. The van der Waals surface area contributed by atoms with E-state index in [9.17, 15) is 21.6 Å². The number of hydrogen-bond donors (Lipinski definition) is 2. The van der Waals surface area contributed by atoms with Crippen molar-refractivity contribution in [1.82, 2.24) is 14.4 Å². The van der Waals surface area contributed by atoms with Crippen molar-refractivity contribution in [2.75, 3.05) is 38.0 Å². The average Bonchev–Trinajstić information content (AvgIpc) is 3.06. The lowest BCUT2D eigenvalue weighted by molar-refractivity contribution is -0.117. The largest absolute Gasteiger partial charge is 0.338 e. The van der Waals surface area contributed by atoms with E-state index >= 15 is 0 Å². The van der Waals surface area contributed by atoms with Gasteiger partial charge in [0.05, 0.1) is 22.0 Å². The molecule has 1 fully saturated rings. The maximum atomic E-state index is 12.7. The van der Waals surface area contributed by atoms with E-state index in [4.69, 9.17) is 9.66 Å². The number of piperazine rings is 1. The summed E-state index contributed by atoms with van der Waals surface area (Å²) >= 11 is 0. The van der Waals surface area contributed by atoms with Gasteiger partial charge in [0.15, 0.2) is 0 Å². The summed E-state index contributed by atoms with van der Waals surface area (Å²) in [5, 5.41) is 11.3. The van der Waals surface area contributed by atoms with Crippen LogP contribution in [0.2, 0.25) is 0 Å². The van der Waals surface area contributed by atoms with E-state index in [0.717, 1.165) is 12.1 Å². The molecule has 1 amide bonds. The Bertz CT molecular complexity index is 1090. The number of aryl methyl sites for hydroxylation is 1. The number of sulfonamides is 2. The monoisotopic (exact) mass is 443 g/mol. The third kappa shape index (κ3) is 5.19. The summed E-state index contributed by atoms with van der Waals surface area (Å²) in [5.74, 6) is -0.0207. The van der Waals surface area contributed by atoms with Crippen LogP contribution in [0.25, 0.3) is 0 Å². The lowest BCUT2D eigenvalue weighted by Gasteiger charge is -2.33. The molecule has 0 saturated carbocycles. The Hall–Kier alpha value is -2.32. The molecule has 1 aromatic carbocycles. The second kappa shape index (κ2) is 8.20. The van der Waals surface area contributed by atoms with Crippen molar-refractivity contribution in [1.29, 1.82) is 0 Å². The normalized spacial score (nSPS) is 16.6. The molecule has 1 aromatic heterocycles. The number of carbonyl (C=O) groups is 1. The lowest BCUT2D eigenvalue weighted by atomic mass is 10.3. The van der Waals surface area contributed by atoms with Gasteiger partial charge in [-0.25, -0.2) is 22.0 Å². The topological polar surface area (TPSA) is 156 Å². The SMILES string of the molecule is Cc1cc(NC(=O)CN2CCN(S(=O)(=O)c3ccc(S(N)(=O)=O)cc3)CC2)on1. The Morgan fingerprint density at radius 2 is 1.69 bits per heavy atom. The van der Waals surface area contributed by atoms with Gasteiger partial charge in [0, 0.05) is 32.2 Å². The highest BCUT2D eigenvalue weighted by atomic mass is 32.2. The average molecular weight is 444 g/mol. The molecule has 3 rings (SSSR count). The van der Waals surface area contributed by atoms with Crippen LogP contribution in [0.5, 0.6) is 0 Å². The van der Waals surface area contributed by atoms with Crippen molar-refractivity contribution in [3.8, 4) is 0 Å². The minimum absolute atomic E-state index is 0.0169. The highest BCUT2D eigenvalue weighted by molar-refractivity contribution is 7.89. The molecule has 1 aliphatic heterocycles. The molecule has 0 bridgehead atoms. The maximum Gasteiger partial charge on any atom is 0.243 e. The summed E-state index contributed by atoms with van der Waals surface area (Å²) in [6.45, 7) is 2.98. The highest BCUT2D eigenvalue weighted by Crippen LogP contribution is 2.19. The van der Waals surface area contributed by atoms with Crippen molar-refractivity contribution in [3.05, 3.63) is 36.0 Å². The van der Waals surface area contributed by atoms with E-state index in [-0.39, 0.29) is 41.2 Å². The second-order valence-electron chi connectivity index (χ2n) is 6.58. The Kier molecular flexibility index (Phi) is 6.05.